The summed E-state index contributed by atoms with van der Waals surface area (Å²) in [6.07, 6.45) is 18.9. The molecular formula is C104H163ClN14O16S7. The number of nitrogens with zero attached hydrogens (tertiary/aromatic N) is 14. The molecule has 38 heteroatoms. The maximum atomic E-state index is 12.9. The molecule has 30 nitrogen and oxygen atoms in total. The minimum absolute atomic E-state index is 0.0165. The zero-order valence-electron chi connectivity index (χ0n) is 88.5. The molecule has 6 aromatic rings. The normalized spacial score (nSPS) is 19.2. The Morgan fingerprint density at radius 1 is 0.444 bits per heavy atom. The van der Waals surface area contributed by atoms with Gasteiger partial charge < -0.3 is 14.4 Å². The van der Waals surface area contributed by atoms with Crippen molar-refractivity contribution in [3.63, 3.8) is 0 Å². The maximum absolute atomic E-state index is 12.9. The SMILES string of the molecule is CC(C)(C)C1CCN(S(=O)(=O)c2ccc(N3CCCC3=O)cc2)CC1.CC(C)C1CCN(C(=O)C(C)(C)C#N)CC1.CC(C)C1CCN(S(=O)(=O)Cc2ccccc2)CC1.CC(C)C1CCN(S(=O)(=O)c2ccc(C#N)cc2Cl)CC1.CC(C)C1CCN(S(=O)(=O)c2ccc(S(C)(=O)=O)cc2)CC1.Cc1nc(S(=O)(=O)N2CCC(C(C)(C)C)CC2)cn1C.Cc1nn(C)cc1S(=O)(=O)N1CCC(C(C)C)CC1. The molecule has 2 amide bonds. The summed E-state index contributed by atoms with van der Waals surface area (Å²) in [6, 6.07) is 30.0. The van der Waals surface area contributed by atoms with Crippen LogP contribution < -0.4 is 4.90 Å². The van der Waals surface area contributed by atoms with Gasteiger partial charge in [0.05, 0.1) is 48.9 Å². The average Bonchev–Trinajstić information content (AvgIpc) is 1.69. The van der Waals surface area contributed by atoms with Crippen LogP contribution in [0, 0.1) is 124 Å². The molecule has 794 valence electrons. The molecule has 0 saturated carbocycles. The van der Waals surface area contributed by atoms with Crippen LogP contribution in [-0.2, 0) is 99.4 Å². The highest BCUT2D eigenvalue weighted by molar-refractivity contribution is 7.91. The summed E-state index contributed by atoms with van der Waals surface area (Å²) in [7, 11) is -20.3. The van der Waals surface area contributed by atoms with Crippen LogP contribution in [0.5, 0.6) is 0 Å². The smallest absolute Gasteiger partial charge is 0.262 e. The molecule has 0 aliphatic carbocycles. The first-order valence-corrected chi connectivity index (χ1v) is 61.7. The van der Waals surface area contributed by atoms with E-state index >= 15 is 0 Å². The quantitative estimate of drug-likeness (QED) is 0.0646. The first-order valence-electron chi connectivity index (χ1n) is 50.6. The fraction of sp³-hybridized carbons (Fsp3) is 0.673. The Bertz CT molecular complexity index is 6040. The summed E-state index contributed by atoms with van der Waals surface area (Å²) < 4.78 is 187. The molecule has 0 spiro atoms. The molecule has 8 fully saturated rings. The molecule has 0 bridgehead atoms. The summed E-state index contributed by atoms with van der Waals surface area (Å²) in [5.74, 6) is 8.38. The number of anilines is 1. The van der Waals surface area contributed by atoms with E-state index in [1.807, 2.05) is 55.3 Å². The number of sulfonamides is 6. The van der Waals surface area contributed by atoms with Crippen LogP contribution in [0.2, 0.25) is 5.02 Å². The summed E-state index contributed by atoms with van der Waals surface area (Å²) in [4.78, 5) is 32.6. The monoisotopic (exact) mass is 2120 g/mol. The number of rotatable bonds is 21. The summed E-state index contributed by atoms with van der Waals surface area (Å²) in [5.41, 5.74) is 2.19. The Morgan fingerprint density at radius 3 is 1.13 bits per heavy atom. The van der Waals surface area contributed by atoms with Crippen LogP contribution in [0.4, 0.5) is 5.69 Å². The van der Waals surface area contributed by atoms with Gasteiger partial charge in [0.1, 0.15) is 21.0 Å². The number of sulfone groups is 1. The number of amides is 2. The minimum Gasteiger partial charge on any atom is -0.341 e. The number of nitriles is 2. The van der Waals surface area contributed by atoms with E-state index in [1.165, 1.54) is 51.1 Å². The van der Waals surface area contributed by atoms with Crippen molar-refractivity contribution >= 4 is 99.1 Å². The number of carbonyl (C=O) groups is 2. The van der Waals surface area contributed by atoms with E-state index in [0.717, 1.165) is 133 Å². The molecule has 14 rings (SSSR count). The van der Waals surface area contributed by atoms with Crippen LogP contribution in [0.3, 0.4) is 0 Å². The number of aryl methyl sites for hydroxylation is 4. The van der Waals surface area contributed by atoms with Crippen molar-refractivity contribution in [2.24, 2.45) is 101 Å². The van der Waals surface area contributed by atoms with Crippen molar-refractivity contribution in [2.45, 2.75) is 276 Å². The Kier molecular flexibility index (Phi) is 43.3. The zero-order valence-corrected chi connectivity index (χ0v) is 94.9. The molecule has 8 aliphatic rings. The Balaban J connectivity index is 0.000000203. The van der Waals surface area contributed by atoms with Crippen LogP contribution in [0.15, 0.2) is 139 Å². The third kappa shape index (κ3) is 32.7. The summed E-state index contributed by atoms with van der Waals surface area (Å²) in [5, 5.41) is 22.2. The first-order chi connectivity index (χ1) is 66.0. The third-order valence-corrected chi connectivity index (χ3v) is 43.0. The highest BCUT2D eigenvalue weighted by Gasteiger charge is 2.42. The molecule has 0 N–H and O–H groups in total. The average molecular weight is 2130 g/mol. The molecule has 142 heavy (non-hydrogen) atoms. The van der Waals surface area contributed by atoms with Gasteiger partial charge in [-0.05, 0) is 278 Å². The molecule has 8 aliphatic heterocycles. The number of imidazole rings is 1. The third-order valence-electron chi connectivity index (χ3n) is 30.0. The molecule has 0 unspecified atom stereocenters. The molecule has 4 aromatic carbocycles. The van der Waals surface area contributed by atoms with Gasteiger partial charge in [-0.25, -0.2) is 68.2 Å². The van der Waals surface area contributed by atoms with E-state index in [-0.39, 0.29) is 53.1 Å². The predicted molar refractivity (Wildman–Crippen MR) is 562 cm³/mol. The van der Waals surface area contributed by atoms with Crippen LogP contribution in [-0.4, -0.2) is 225 Å². The molecule has 10 heterocycles. The lowest BCUT2D eigenvalue weighted by Gasteiger charge is -2.38. The molecule has 0 radical (unpaired) electrons. The predicted octanol–water partition coefficient (Wildman–Crippen LogP) is 18.0. The lowest BCUT2D eigenvalue weighted by Crippen LogP contribution is -2.45. The standard InChI is InChI=1S/C19H28N2O3S.C15H19ClN2O2S.C15H23NO4S2.C15H23NO2S.C14H25N3O2S.C13H23N3O2S.C13H22N2O/c1-19(2,3)15-10-13-20(14-11-15)25(23,24)17-8-6-16(7-9-17)21-12-4-5-18(21)22;1-11(2)13-5-7-18(8-6-13)21(19,20)15-4-3-12(10-17)9-14(15)16;1-12(2)13-8-10-16(11-9-13)22(19,20)15-6-4-14(5-7-15)21(3,17)18;1-13(2)15-8-10-16(11-9-15)19(17,18)12-14-6-4-3-5-7-14;1-11-15-13(10-16(11)5)20(18,19)17-8-6-12(7-9-17)14(2,3)4;1-10(2)12-5-7-16(8-6-12)19(17,18)13-9-15(4)14-11(13)3;1-10(2)11-5-7-15(8-6-11)12(16)13(3,4)9-14/h6-9,15H,4-5,10-14H2,1-3H3;3-4,9,11,13H,5-8H2,1-2H3;4-7,12-13H,8-11H2,1-3H3;3-7,13,15H,8-12H2,1-2H3;10,12H,6-9H2,1-5H3;9-10,12H,5-8H2,1-4H3;10-11H,5-8H2,1-4H3. The number of benzene rings is 4. The molecule has 8 saturated heterocycles. The van der Waals surface area contributed by atoms with Gasteiger partial charge in [0.25, 0.3) is 10.0 Å². The fourth-order valence-electron chi connectivity index (χ4n) is 19.7. The largest absolute Gasteiger partial charge is 0.341 e. The Morgan fingerprint density at radius 2 is 0.803 bits per heavy atom. The van der Waals surface area contributed by atoms with Gasteiger partial charge in [-0.3, -0.25) is 14.3 Å². The summed E-state index contributed by atoms with van der Waals surface area (Å²) in [6.45, 7) is 51.7. The highest BCUT2D eigenvalue weighted by Crippen LogP contribution is 2.41. The lowest BCUT2D eigenvalue weighted by atomic mass is 9.76. The molecule has 2 aromatic heterocycles. The highest BCUT2D eigenvalue weighted by atomic mass is 35.5. The Hall–Kier alpha value is -7.08. The maximum Gasteiger partial charge on any atom is 0.262 e. The van der Waals surface area contributed by atoms with E-state index in [2.05, 4.69) is 127 Å². The van der Waals surface area contributed by atoms with Gasteiger partial charge >= 0.3 is 0 Å². The number of hydrogen-bond donors (Lipinski definition) is 0. The number of hydrogen-bond acceptors (Lipinski definition) is 20. The van der Waals surface area contributed by atoms with Gasteiger partial charge in [-0.15, -0.1) is 0 Å². The molecular weight excluding hydrogens is 1960 g/mol. The lowest BCUT2D eigenvalue weighted by molar-refractivity contribution is -0.139. The van der Waals surface area contributed by atoms with Crippen LogP contribution in [0.1, 0.15) is 250 Å². The number of aromatic nitrogens is 4. The zero-order chi connectivity index (χ0) is 106. The number of piperidine rings is 7. The van der Waals surface area contributed by atoms with Crippen molar-refractivity contribution in [1.29, 1.82) is 10.5 Å². The topological polar surface area (TPSA) is 382 Å². The fourth-order valence-corrected chi connectivity index (χ4v) is 30.0. The van der Waals surface area contributed by atoms with Gasteiger partial charge in [0.2, 0.25) is 61.9 Å². The van der Waals surface area contributed by atoms with E-state index in [4.69, 9.17) is 22.1 Å². The van der Waals surface area contributed by atoms with E-state index in [0.29, 0.717) is 183 Å². The van der Waals surface area contributed by atoms with Crippen molar-refractivity contribution < 1.29 is 68.5 Å². The summed E-state index contributed by atoms with van der Waals surface area (Å²) >= 11 is 6.03. The number of likely N-dealkylation sites (tertiary alicyclic amines) is 1. The molecule has 0 atom stereocenters. The second-order valence-corrected chi connectivity index (χ2v) is 58.0. The van der Waals surface area contributed by atoms with Crippen molar-refractivity contribution in [1.82, 2.24) is 50.1 Å². The number of carbonyl (C=O) groups excluding carboxylic acids is 2. The van der Waals surface area contributed by atoms with Gasteiger partial charge in [0.15, 0.2) is 14.9 Å². The van der Waals surface area contributed by atoms with Crippen molar-refractivity contribution in [3.05, 3.63) is 137 Å². The second kappa shape index (κ2) is 51.2. The van der Waals surface area contributed by atoms with E-state index in [1.54, 1.807) is 95.8 Å². The van der Waals surface area contributed by atoms with Crippen molar-refractivity contribution in [2.75, 3.05) is 109 Å². The Labute approximate surface area is 858 Å². The van der Waals surface area contributed by atoms with Crippen LogP contribution >= 0.6 is 11.6 Å². The van der Waals surface area contributed by atoms with E-state index < -0.39 is 75.4 Å². The number of halogens is 1. The van der Waals surface area contributed by atoms with E-state index in [9.17, 15) is 68.5 Å². The second-order valence-electron chi connectivity index (χ2n) is 44.0. The van der Waals surface area contributed by atoms with Crippen molar-refractivity contribution in [3.8, 4) is 12.1 Å². The first kappa shape index (κ1) is 120. The van der Waals surface area contributed by atoms with Gasteiger partial charge in [-0.2, -0.15) is 37.1 Å². The minimum atomic E-state index is -3.57. The van der Waals surface area contributed by atoms with Crippen LogP contribution in [0.25, 0.3) is 0 Å². The van der Waals surface area contributed by atoms with Gasteiger partial charge in [0, 0.05) is 143 Å². The van der Waals surface area contributed by atoms with Gasteiger partial charge in [-0.1, -0.05) is 153 Å².